The van der Waals surface area contributed by atoms with Crippen molar-refractivity contribution in [2.75, 3.05) is 33.3 Å². The Morgan fingerprint density at radius 3 is 2.36 bits per heavy atom. The molecule has 33 heavy (non-hydrogen) atoms. The third kappa shape index (κ3) is 4.05. The SMILES string of the molecule is COc1c(C(=O)N2CCC3(CCN(C(=O)c4c(F)ccc(C)c4F)CC3)C2)csc1[N+](=O)[O-]. The number of piperidine rings is 1. The maximum absolute atomic E-state index is 14.4. The molecule has 3 heterocycles. The summed E-state index contributed by atoms with van der Waals surface area (Å²) in [6, 6.07) is 2.40. The quantitative estimate of drug-likeness (QED) is 0.488. The highest BCUT2D eigenvalue weighted by Gasteiger charge is 2.44. The molecule has 0 bridgehead atoms. The van der Waals surface area contributed by atoms with E-state index in [0.29, 0.717) is 39.0 Å². The molecule has 0 atom stereocenters. The molecule has 0 saturated carbocycles. The van der Waals surface area contributed by atoms with Crippen LogP contribution in [0.5, 0.6) is 5.75 Å². The number of halogens is 2. The van der Waals surface area contributed by atoms with Crippen molar-refractivity contribution in [3.05, 3.63) is 56.0 Å². The third-order valence-electron chi connectivity index (χ3n) is 6.66. The minimum atomic E-state index is -0.875. The molecule has 1 spiro atoms. The van der Waals surface area contributed by atoms with E-state index < -0.39 is 28.0 Å². The second kappa shape index (κ2) is 8.69. The minimum absolute atomic E-state index is 0.0291. The van der Waals surface area contributed by atoms with Gasteiger partial charge in [0.2, 0.25) is 5.75 Å². The zero-order chi connectivity index (χ0) is 23.9. The Balaban J connectivity index is 1.44. The molecule has 1 aromatic carbocycles. The number of amides is 2. The van der Waals surface area contributed by atoms with E-state index in [9.17, 15) is 28.5 Å². The van der Waals surface area contributed by atoms with Gasteiger partial charge in [-0.25, -0.2) is 8.78 Å². The van der Waals surface area contributed by atoms with Gasteiger partial charge in [0.05, 0.1) is 17.6 Å². The molecule has 2 aliphatic heterocycles. The lowest BCUT2D eigenvalue weighted by molar-refractivity contribution is -0.381. The van der Waals surface area contributed by atoms with Crippen molar-refractivity contribution < 1.29 is 28.0 Å². The van der Waals surface area contributed by atoms with Gasteiger partial charge >= 0.3 is 5.00 Å². The second-order valence-corrected chi connectivity index (χ2v) is 9.43. The van der Waals surface area contributed by atoms with Crippen molar-refractivity contribution in [2.24, 2.45) is 5.41 Å². The molecule has 0 aliphatic carbocycles. The molecule has 1 aromatic heterocycles. The zero-order valence-corrected chi connectivity index (χ0v) is 19.0. The number of nitro groups is 1. The predicted octanol–water partition coefficient (Wildman–Crippen LogP) is 4.02. The second-order valence-electron chi connectivity index (χ2n) is 8.57. The monoisotopic (exact) mass is 479 g/mol. The summed E-state index contributed by atoms with van der Waals surface area (Å²) in [4.78, 5) is 39.5. The molecule has 2 amide bonds. The van der Waals surface area contributed by atoms with E-state index in [4.69, 9.17) is 4.74 Å². The van der Waals surface area contributed by atoms with Gasteiger partial charge in [-0.05, 0) is 43.2 Å². The number of aryl methyl sites for hydroxylation is 1. The summed E-state index contributed by atoms with van der Waals surface area (Å²) >= 11 is 0.851. The number of hydrogen-bond acceptors (Lipinski definition) is 6. The molecule has 176 valence electrons. The molecule has 2 saturated heterocycles. The van der Waals surface area contributed by atoms with Crippen LogP contribution in [0, 0.1) is 34.1 Å². The molecule has 4 rings (SSSR count). The number of carbonyl (C=O) groups excluding carboxylic acids is 2. The van der Waals surface area contributed by atoms with E-state index >= 15 is 0 Å². The number of thiophene rings is 1. The summed E-state index contributed by atoms with van der Waals surface area (Å²) in [5.41, 5.74) is -0.349. The van der Waals surface area contributed by atoms with Gasteiger partial charge in [-0.1, -0.05) is 17.4 Å². The van der Waals surface area contributed by atoms with E-state index in [0.717, 1.165) is 23.8 Å². The molecule has 0 unspecified atom stereocenters. The van der Waals surface area contributed by atoms with Gasteiger partial charge in [0.25, 0.3) is 11.8 Å². The summed E-state index contributed by atoms with van der Waals surface area (Å²) in [6.45, 7) is 3.09. The fourth-order valence-corrected chi connectivity index (χ4v) is 5.51. The van der Waals surface area contributed by atoms with Crippen LogP contribution in [0.25, 0.3) is 0 Å². The van der Waals surface area contributed by atoms with Gasteiger partial charge in [-0.2, -0.15) is 0 Å². The summed E-state index contributed by atoms with van der Waals surface area (Å²) in [7, 11) is 1.30. The van der Waals surface area contributed by atoms with E-state index in [2.05, 4.69) is 0 Å². The number of benzene rings is 1. The lowest BCUT2D eigenvalue weighted by Gasteiger charge is -2.39. The molecule has 0 N–H and O–H groups in total. The number of nitrogens with zero attached hydrogens (tertiary/aromatic N) is 3. The van der Waals surface area contributed by atoms with Crippen molar-refractivity contribution in [2.45, 2.75) is 26.2 Å². The Bertz CT molecular complexity index is 1130. The normalized spacial score (nSPS) is 17.5. The van der Waals surface area contributed by atoms with Crippen LogP contribution < -0.4 is 4.74 Å². The minimum Gasteiger partial charge on any atom is -0.489 e. The maximum atomic E-state index is 14.4. The first-order valence-electron chi connectivity index (χ1n) is 10.5. The van der Waals surface area contributed by atoms with Crippen molar-refractivity contribution in [3.63, 3.8) is 0 Å². The molecule has 11 heteroatoms. The van der Waals surface area contributed by atoms with E-state index in [1.165, 1.54) is 30.4 Å². The Morgan fingerprint density at radius 1 is 1.12 bits per heavy atom. The topological polar surface area (TPSA) is 93.0 Å². The number of hydrogen-bond donors (Lipinski definition) is 0. The van der Waals surface area contributed by atoms with Crippen molar-refractivity contribution in [1.29, 1.82) is 0 Å². The fraction of sp³-hybridized carbons (Fsp3) is 0.455. The summed E-state index contributed by atoms with van der Waals surface area (Å²) < 4.78 is 33.7. The molecular formula is C22H23F2N3O5S. The molecule has 8 nitrogen and oxygen atoms in total. The van der Waals surface area contributed by atoms with E-state index in [1.54, 1.807) is 4.90 Å². The highest BCUT2D eigenvalue weighted by atomic mass is 32.1. The smallest absolute Gasteiger partial charge is 0.366 e. The standard InChI is InChI=1S/C22H23F2N3O5S/c1-13-3-4-15(23)16(17(13)24)20(29)25-8-5-22(6-9-25)7-10-26(12-22)19(28)14-11-33-21(27(30)31)18(14)32-2/h3-4,11H,5-10,12H2,1-2H3. The highest BCUT2D eigenvalue weighted by Crippen LogP contribution is 2.43. The largest absolute Gasteiger partial charge is 0.489 e. The maximum Gasteiger partial charge on any atom is 0.366 e. The highest BCUT2D eigenvalue weighted by molar-refractivity contribution is 7.14. The molecule has 2 fully saturated rings. The summed E-state index contributed by atoms with van der Waals surface area (Å²) in [5.74, 6) is -2.73. The van der Waals surface area contributed by atoms with Crippen LogP contribution in [0.1, 0.15) is 45.5 Å². The summed E-state index contributed by atoms with van der Waals surface area (Å²) in [6.07, 6.45) is 1.92. The van der Waals surface area contributed by atoms with Crippen LogP contribution in [0.4, 0.5) is 13.8 Å². The lowest BCUT2D eigenvalue weighted by atomic mass is 9.77. The van der Waals surface area contributed by atoms with Crippen molar-refractivity contribution >= 4 is 28.2 Å². The molecule has 2 aliphatic rings. The van der Waals surface area contributed by atoms with E-state index in [1.807, 2.05) is 0 Å². The van der Waals surface area contributed by atoms with Crippen LogP contribution in [0.15, 0.2) is 17.5 Å². The Kier molecular flexibility index (Phi) is 6.08. The van der Waals surface area contributed by atoms with Crippen molar-refractivity contribution in [1.82, 2.24) is 9.80 Å². The molecular weight excluding hydrogens is 456 g/mol. The zero-order valence-electron chi connectivity index (χ0n) is 18.2. The molecule has 2 aromatic rings. The van der Waals surface area contributed by atoms with Gasteiger partial charge in [0.1, 0.15) is 17.2 Å². The van der Waals surface area contributed by atoms with Gasteiger partial charge in [-0.3, -0.25) is 19.7 Å². The van der Waals surface area contributed by atoms with Gasteiger partial charge in [0, 0.05) is 31.6 Å². The average Bonchev–Trinajstić information content (AvgIpc) is 3.41. The van der Waals surface area contributed by atoms with Gasteiger partial charge in [-0.15, -0.1) is 0 Å². The van der Waals surface area contributed by atoms with Crippen molar-refractivity contribution in [3.8, 4) is 5.75 Å². The van der Waals surface area contributed by atoms with Crippen LogP contribution in [-0.4, -0.2) is 59.8 Å². The predicted molar refractivity (Wildman–Crippen MR) is 117 cm³/mol. The number of likely N-dealkylation sites (tertiary alicyclic amines) is 2. The summed E-state index contributed by atoms with van der Waals surface area (Å²) in [5, 5.41) is 12.4. The number of carbonyl (C=O) groups is 2. The Hall–Kier alpha value is -3.08. The average molecular weight is 480 g/mol. The first-order valence-corrected chi connectivity index (χ1v) is 11.4. The number of methoxy groups -OCH3 is 1. The van der Waals surface area contributed by atoms with Gasteiger partial charge < -0.3 is 14.5 Å². The number of rotatable bonds is 4. The van der Waals surface area contributed by atoms with Crippen LogP contribution in [0.2, 0.25) is 0 Å². The van der Waals surface area contributed by atoms with Gasteiger partial charge in [0.15, 0.2) is 0 Å². The van der Waals surface area contributed by atoms with Crippen LogP contribution in [-0.2, 0) is 0 Å². The Morgan fingerprint density at radius 2 is 1.76 bits per heavy atom. The third-order valence-corrected chi connectivity index (χ3v) is 7.57. The first-order chi connectivity index (χ1) is 15.7. The fourth-order valence-electron chi connectivity index (χ4n) is 4.69. The van der Waals surface area contributed by atoms with E-state index in [-0.39, 0.29) is 33.2 Å². The van der Waals surface area contributed by atoms with Crippen LogP contribution in [0.3, 0.4) is 0 Å². The molecule has 0 radical (unpaired) electrons. The number of ether oxygens (including phenoxy) is 1. The first kappa shape index (κ1) is 23.1. The lowest BCUT2D eigenvalue weighted by Crippen LogP contribution is -2.45. The Labute approximate surface area is 192 Å². The van der Waals surface area contributed by atoms with Crippen LogP contribution >= 0.6 is 11.3 Å².